The van der Waals surface area contributed by atoms with Crippen molar-refractivity contribution in [1.82, 2.24) is 3.93 Å². The van der Waals surface area contributed by atoms with Crippen molar-refractivity contribution in [2.24, 2.45) is 5.73 Å². The van der Waals surface area contributed by atoms with E-state index < -0.39 is 21.7 Å². The van der Waals surface area contributed by atoms with E-state index in [0.29, 0.717) is 0 Å². The highest BCUT2D eigenvalue weighted by Crippen LogP contribution is 2.14. The molecule has 0 aliphatic rings. The Kier molecular flexibility index (Phi) is 5.78. The smallest absolute Gasteiger partial charge is 0.270 e. The van der Waals surface area contributed by atoms with E-state index in [0.717, 1.165) is 10.2 Å². The van der Waals surface area contributed by atoms with E-state index in [9.17, 15) is 13.2 Å². The van der Waals surface area contributed by atoms with E-state index in [2.05, 4.69) is 16.1 Å². The zero-order valence-corrected chi connectivity index (χ0v) is 12.5. The van der Waals surface area contributed by atoms with Crippen LogP contribution in [0.1, 0.15) is 10.4 Å². The molecule has 0 atom stereocenters. The summed E-state index contributed by atoms with van der Waals surface area (Å²) in [5.41, 5.74) is 5.25. The number of rotatable bonds is 2. The minimum atomic E-state index is -3.38. The van der Waals surface area contributed by atoms with Crippen LogP contribution in [-0.4, -0.2) is 30.5 Å². The molecule has 0 aliphatic carbocycles. The van der Waals surface area contributed by atoms with Gasteiger partial charge in [-0.1, -0.05) is 6.07 Å². The van der Waals surface area contributed by atoms with Gasteiger partial charge < -0.3 is 5.73 Å². The number of carbonyl (C=O) groups excluding carboxylic acids is 1. The Morgan fingerprint density at radius 1 is 1.44 bits per heavy atom. The summed E-state index contributed by atoms with van der Waals surface area (Å²) < 4.78 is 23.4. The third-order valence-electron chi connectivity index (χ3n) is 1.90. The van der Waals surface area contributed by atoms with Gasteiger partial charge in [-0.3, -0.25) is 10.2 Å². The molecule has 0 bridgehead atoms. The molecule has 0 spiro atoms. The number of halogens is 2. The second kappa shape index (κ2) is 6.17. The fraction of sp³-hybridized carbons (Fsp3) is 0.111. The van der Waals surface area contributed by atoms with Crippen LogP contribution < -0.4 is 5.73 Å². The maximum Gasteiger partial charge on any atom is 0.270 e. The van der Waals surface area contributed by atoms with Crippen LogP contribution in [0.2, 0.25) is 0 Å². The lowest BCUT2D eigenvalue weighted by molar-refractivity contribution is 0.0923. The van der Waals surface area contributed by atoms with E-state index >= 15 is 0 Å². The Labute approximate surface area is 119 Å². The molecule has 0 unspecified atom stereocenters. The topological polar surface area (TPSA) is 104 Å². The van der Waals surface area contributed by atoms with E-state index in [4.69, 9.17) is 11.1 Å². The number of guanidine groups is 1. The summed E-state index contributed by atoms with van der Waals surface area (Å²) in [5.74, 6) is -1.09. The van der Waals surface area contributed by atoms with Gasteiger partial charge in [-0.05, 0) is 18.2 Å². The molecule has 1 amide bonds. The van der Waals surface area contributed by atoms with E-state index in [1.54, 1.807) is 0 Å². The second-order valence-electron chi connectivity index (χ2n) is 3.27. The number of benzene rings is 1. The Balaban J connectivity index is 0.00000289. The van der Waals surface area contributed by atoms with Crippen LogP contribution in [0.5, 0.6) is 0 Å². The summed E-state index contributed by atoms with van der Waals surface area (Å²) in [6.07, 6.45) is 1.05. The van der Waals surface area contributed by atoms with Crippen LogP contribution in [0.3, 0.4) is 0 Å². The molecule has 0 saturated heterocycles. The van der Waals surface area contributed by atoms with Crippen LogP contribution in [-0.2, 0) is 9.84 Å². The average Bonchev–Trinajstić information content (AvgIpc) is 2.26. The Morgan fingerprint density at radius 3 is 2.44 bits per heavy atom. The van der Waals surface area contributed by atoms with Crippen LogP contribution in [0.15, 0.2) is 29.2 Å². The predicted molar refractivity (Wildman–Crippen MR) is 73.8 cm³/mol. The van der Waals surface area contributed by atoms with E-state index in [-0.39, 0.29) is 22.9 Å². The molecule has 0 fully saturated rings. The van der Waals surface area contributed by atoms with Gasteiger partial charge in [0.2, 0.25) is 5.96 Å². The summed E-state index contributed by atoms with van der Waals surface area (Å²) in [5, 5.41) is 7.07. The third kappa shape index (κ3) is 3.97. The number of nitrogens with two attached hydrogens (primary N) is 1. The SMILES string of the molecule is CS(=O)(=O)c1cccc(C(=O)N(Br)C(=N)N)c1.Cl. The monoisotopic (exact) mass is 355 g/mol. The summed E-state index contributed by atoms with van der Waals surface area (Å²) in [7, 11) is -3.38. The van der Waals surface area contributed by atoms with Crippen molar-refractivity contribution in [3.8, 4) is 0 Å². The van der Waals surface area contributed by atoms with Gasteiger partial charge in [0, 0.05) is 11.8 Å². The summed E-state index contributed by atoms with van der Waals surface area (Å²) in [4.78, 5) is 11.8. The number of hydrogen-bond acceptors (Lipinski definition) is 4. The molecule has 0 aliphatic heterocycles. The molecule has 0 aromatic heterocycles. The summed E-state index contributed by atoms with van der Waals surface area (Å²) >= 11 is 2.80. The first kappa shape index (κ1) is 16.9. The first-order valence-corrected chi connectivity index (χ1v) is 6.98. The van der Waals surface area contributed by atoms with Gasteiger partial charge in [0.05, 0.1) is 21.0 Å². The van der Waals surface area contributed by atoms with Crippen molar-refractivity contribution in [1.29, 1.82) is 5.41 Å². The molecule has 0 heterocycles. The fourth-order valence-electron chi connectivity index (χ4n) is 1.08. The molecule has 1 rings (SSSR count). The highest BCUT2D eigenvalue weighted by atomic mass is 79.9. The van der Waals surface area contributed by atoms with Crippen molar-refractivity contribution in [3.05, 3.63) is 29.8 Å². The van der Waals surface area contributed by atoms with Gasteiger partial charge in [0.1, 0.15) is 0 Å². The molecular formula is C9H11BrClN3O3S. The van der Waals surface area contributed by atoms with Crippen LogP contribution in [0.4, 0.5) is 0 Å². The lowest BCUT2D eigenvalue weighted by atomic mass is 10.2. The number of hydrogen-bond donors (Lipinski definition) is 2. The van der Waals surface area contributed by atoms with Crippen molar-refractivity contribution >= 4 is 50.3 Å². The third-order valence-corrected chi connectivity index (χ3v) is 3.71. The molecule has 18 heavy (non-hydrogen) atoms. The molecule has 9 heteroatoms. The zero-order valence-electron chi connectivity index (χ0n) is 9.25. The van der Waals surface area contributed by atoms with Gasteiger partial charge in [-0.15, -0.1) is 12.4 Å². The number of amides is 1. The lowest BCUT2D eigenvalue weighted by Crippen LogP contribution is -2.33. The second-order valence-corrected chi connectivity index (χ2v) is 6.00. The van der Waals surface area contributed by atoms with E-state index in [1.165, 1.54) is 24.3 Å². The van der Waals surface area contributed by atoms with Crippen molar-refractivity contribution in [2.45, 2.75) is 4.90 Å². The first-order valence-electron chi connectivity index (χ1n) is 4.38. The predicted octanol–water partition coefficient (Wildman–Crippen LogP) is 1.16. The molecule has 1 aromatic carbocycles. The molecule has 0 radical (unpaired) electrons. The normalized spacial score (nSPS) is 10.3. The van der Waals surface area contributed by atoms with Crippen LogP contribution >= 0.6 is 28.6 Å². The van der Waals surface area contributed by atoms with Gasteiger partial charge in [0.15, 0.2) is 9.84 Å². The number of carbonyl (C=O) groups is 1. The maximum atomic E-state index is 11.7. The first-order chi connectivity index (χ1) is 7.73. The quantitative estimate of drug-likeness (QED) is 0.471. The summed E-state index contributed by atoms with van der Waals surface area (Å²) in [6.45, 7) is 0. The molecule has 1 aromatic rings. The zero-order chi connectivity index (χ0) is 13.2. The highest BCUT2D eigenvalue weighted by Gasteiger charge is 2.17. The van der Waals surface area contributed by atoms with Crippen molar-refractivity contribution < 1.29 is 13.2 Å². The molecular weight excluding hydrogens is 346 g/mol. The average molecular weight is 357 g/mol. The lowest BCUT2D eigenvalue weighted by Gasteiger charge is -2.12. The van der Waals surface area contributed by atoms with Gasteiger partial charge in [0.25, 0.3) is 5.91 Å². The largest absolute Gasteiger partial charge is 0.369 e. The van der Waals surface area contributed by atoms with Crippen LogP contribution in [0, 0.1) is 5.41 Å². The van der Waals surface area contributed by atoms with Gasteiger partial charge in [-0.25, -0.2) is 12.3 Å². The maximum absolute atomic E-state index is 11.7. The van der Waals surface area contributed by atoms with Crippen molar-refractivity contribution in [2.75, 3.05) is 6.26 Å². The van der Waals surface area contributed by atoms with Crippen LogP contribution in [0.25, 0.3) is 0 Å². The number of nitrogens with one attached hydrogen (secondary N) is 1. The standard InChI is InChI=1S/C9H10BrN3O3S.ClH/c1-17(15,16)7-4-2-3-6(5-7)8(14)13(10)9(11)12;/h2-5H,1H3,(H3,11,12);1H. The molecule has 100 valence electrons. The van der Waals surface area contributed by atoms with Gasteiger partial charge in [-0.2, -0.15) is 0 Å². The van der Waals surface area contributed by atoms with Gasteiger partial charge >= 0.3 is 0 Å². The number of nitrogens with zero attached hydrogens (tertiary/aromatic N) is 1. The minimum absolute atomic E-state index is 0. The minimum Gasteiger partial charge on any atom is -0.369 e. The number of sulfone groups is 1. The Hall–Kier alpha value is -1.12. The van der Waals surface area contributed by atoms with E-state index in [1.807, 2.05) is 0 Å². The Morgan fingerprint density at radius 2 is 2.00 bits per heavy atom. The molecule has 6 nitrogen and oxygen atoms in total. The van der Waals surface area contributed by atoms with Crippen molar-refractivity contribution in [3.63, 3.8) is 0 Å². The highest BCUT2D eigenvalue weighted by molar-refractivity contribution is 9.08. The summed E-state index contributed by atoms with van der Waals surface area (Å²) in [6, 6.07) is 5.51. The fourth-order valence-corrected chi connectivity index (χ4v) is 1.95. The molecule has 3 N–H and O–H groups in total. The Bertz CT molecular complexity index is 576. The molecule has 0 saturated carbocycles.